The van der Waals surface area contributed by atoms with E-state index in [0.717, 1.165) is 70.3 Å². The Hall–Kier alpha value is -1.79. The van der Waals surface area contributed by atoms with E-state index < -0.39 is 0 Å². The molecule has 2 N–H and O–H groups in total. The van der Waals surface area contributed by atoms with Gasteiger partial charge in [0.2, 0.25) is 0 Å². The van der Waals surface area contributed by atoms with Crippen molar-refractivity contribution in [3.8, 4) is 0 Å². The van der Waals surface area contributed by atoms with Crippen LogP contribution in [0.4, 0.5) is 0 Å². The Balaban J connectivity index is 0.00000231. The van der Waals surface area contributed by atoms with Crippen LogP contribution < -0.4 is 5.73 Å². The van der Waals surface area contributed by atoms with E-state index in [1.54, 1.807) is 0 Å². The van der Waals surface area contributed by atoms with Gasteiger partial charge in [-0.05, 0) is 93.6 Å². The van der Waals surface area contributed by atoms with E-state index in [0.29, 0.717) is 23.1 Å². The van der Waals surface area contributed by atoms with Crippen molar-refractivity contribution < 1.29 is 4.79 Å². The van der Waals surface area contributed by atoms with Crippen molar-refractivity contribution in [1.29, 1.82) is 0 Å². The van der Waals surface area contributed by atoms with Crippen LogP contribution in [0.2, 0.25) is 10.0 Å². The molecule has 0 saturated carbocycles. The molecule has 1 atom stereocenters. The average molecular weight is 638 g/mol. The van der Waals surface area contributed by atoms with Gasteiger partial charge in [0.15, 0.2) is 0 Å². The first kappa shape index (κ1) is 33.7. The fraction of sp³-hybridized carbons (Fsp3) is 0.424. The van der Waals surface area contributed by atoms with Crippen LogP contribution in [0.15, 0.2) is 78.9 Å². The summed E-state index contributed by atoms with van der Waals surface area (Å²) in [6, 6.07) is 26.4. The molecule has 4 nitrogen and oxygen atoms in total. The second kappa shape index (κ2) is 15.1. The van der Waals surface area contributed by atoms with E-state index in [9.17, 15) is 4.79 Å². The SMILES string of the molecule is Cl.Cl.NCC1(c2ccccc2)CCN(CCCC2(c3ccc(Cl)c(Cl)c3)CCCN(C(=O)c3ccccc3)C2)CC1. The highest BCUT2D eigenvalue weighted by molar-refractivity contribution is 6.42. The zero-order valence-corrected chi connectivity index (χ0v) is 26.6. The predicted octanol–water partition coefficient (Wildman–Crippen LogP) is 7.78. The number of amides is 1. The summed E-state index contributed by atoms with van der Waals surface area (Å²) in [7, 11) is 0. The number of hydrogen-bond donors (Lipinski definition) is 1. The molecule has 2 heterocycles. The minimum absolute atomic E-state index is 0. The lowest BCUT2D eigenvalue weighted by molar-refractivity contribution is 0.0617. The van der Waals surface area contributed by atoms with Crippen LogP contribution >= 0.6 is 48.0 Å². The number of likely N-dealkylation sites (tertiary alicyclic amines) is 2. The summed E-state index contributed by atoms with van der Waals surface area (Å²) in [4.78, 5) is 18.1. The van der Waals surface area contributed by atoms with E-state index in [2.05, 4.69) is 41.3 Å². The molecular formula is C33H41Cl4N3O. The summed E-state index contributed by atoms with van der Waals surface area (Å²) in [6.45, 7) is 5.34. The summed E-state index contributed by atoms with van der Waals surface area (Å²) < 4.78 is 0. The van der Waals surface area contributed by atoms with Gasteiger partial charge in [-0.2, -0.15) is 0 Å². The van der Waals surface area contributed by atoms with Crippen molar-refractivity contribution in [2.75, 3.05) is 39.3 Å². The Bertz CT molecular complexity index is 1250. The van der Waals surface area contributed by atoms with Crippen molar-refractivity contribution >= 4 is 53.9 Å². The Morgan fingerprint density at radius 1 is 0.780 bits per heavy atom. The van der Waals surface area contributed by atoms with Gasteiger partial charge in [0.25, 0.3) is 5.91 Å². The molecule has 2 saturated heterocycles. The minimum atomic E-state index is -0.141. The van der Waals surface area contributed by atoms with Crippen molar-refractivity contribution in [2.45, 2.75) is 49.4 Å². The van der Waals surface area contributed by atoms with E-state index >= 15 is 0 Å². The Labute approximate surface area is 267 Å². The van der Waals surface area contributed by atoms with Gasteiger partial charge in [-0.15, -0.1) is 24.8 Å². The second-order valence-corrected chi connectivity index (χ2v) is 12.2. The first-order valence-electron chi connectivity index (χ1n) is 14.2. The molecule has 2 fully saturated rings. The first-order valence-corrected chi connectivity index (χ1v) is 15.0. The number of carbonyl (C=O) groups excluding carboxylic acids is 1. The molecule has 3 aromatic carbocycles. The zero-order chi connectivity index (χ0) is 27.3. The van der Waals surface area contributed by atoms with Gasteiger partial charge in [-0.3, -0.25) is 4.79 Å². The van der Waals surface area contributed by atoms with Crippen molar-refractivity contribution in [2.24, 2.45) is 5.73 Å². The lowest BCUT2D eigenvalue weighted by Gasteiger charge is -2.45. The van der Waals surface area contributed by atoms with Gasteiger partial charge >= 0.3 is 0 Å². The summed E-state index contributed by atoms with van der Waals surface area (Å²) in [6.07, 6.45) is 6.25. The molecule has 1 unspecified atom stereocenters. The van der Waals surface area contributed by atoms with Gasteiger partial charge in [0.1, 0.15) is 0 Å². The lowest BCUT2D eigenvalue weighted by Crippen LogP contribution is -2.49. The number of carbonyl (C=O) groups is 1. The van der Waals surface area contributed by atoms with Gasteiger partial charge in [0.05, 0.1) is 10.0 Å². The molecule has 1 amide bonds. The van der Waals surface area contributed by atoms with Crippen LogP contribution in [0.5, 0.6) is 0 Å². The first-order chi connectivity index (χ1) is 18.9. The zero-order valence-electron chi connectivity index (χ0n) is 23.4. The monoisotopic (exact) mass is 635 g/mol. The largest absolute Gasteiger partial charge is 0.338 e. The number of piperidine rings is 2. The number of rotatable bonds is 8. The fourth-order valence-corrected chi connectivity index (χ4v) is 7.02. The van der Waals surface area contributed by atoms with E-state index in [4.69, 9.17) is 28.9 Å². The third kappa shape index (κ3) is 7.60. The maximum atomic E-state index is 13.4. The highest BCUT2D eigenvalue weighted by atomic mass is 35.5. The molecule has 41 heavy (non-hydrogen) atoms. The number of benzene rings is 3. The summed E-state index contributed by atoms with van der Waals surface area (Å²) in [5, 5.41) is 1.15. The third-order valence-corrected chi connectivity index (χ3v) is 9.88. The molecular weight excluding hydrogens is 596 g/mol. The van der Waals surface area contributed by atoms with Crippen LogP contribution in [0, 0.1) is 0 Å². The smallest absolute Gasteiger partial charge is 0.253 e. The van der Waals surface area contributed by atoms with Crippen LogP contribution in [-0.4, -0.2) is 55.0 Å². The molecule has 0 radical (unpaired) electrons. The minimum Gasteiger partial charge on any atom is -0.338 e. The van der Waals surface area contributed by atoms with E-state index in [-0.39, 0.29) is 41.6 Å². The summed E-state index contributed by atoms with van der Waals surface area (Å²) >= 11 is 12.8. The standard InChI is InChI=1S/C33H39Cl2N3O.2ClH/c34-29-14-13-28(23-30(29)35)33(16-8-20-38(25-33)31(39)26-9-3-1-4-10-26)15-7-19-37-21-17-32(24-36,18-22-37)27-11-5-2-6-12-27;;/h1-6,9-14,23H,7-8,15-22,24-25,36H2;2*1H. The van der Waals surface area contributed by atoms with Crippen molar-refractivity contribution in [3.63, 3.8) is 0 Å². The van der Waals surface area contributed by atoms with Gasteiger partial charge in [0, 0.05) is 36.0 Å². The van der Waals surface area contributed by atoms with Gasteiger partial charge in [-0.1, -0.05) is 77.8 Å². The molecule has 0 bridgehead atoms. The Morgan fingerprint density at radius 3 is 2.07 bits per heavy atom. The van der Waals surface area contributed by atoms with Gasteiger partial charge < -0.3 is 15.5 Å². The van der Waals surface area contributed by atoms with Crippen LogP contribution in [-0.2, 0) is 10.8 Å². The highest BCUT2D eigenvalue weighted by Crippen LogP contribution is 2.41. The van der Waals surface area contributed by atoms with Gasteiger partial charge in [-0.25, -0.2) is 0 Å². The highest BCUT2D eigenvalue weighted by Gasteiger charge is 2.39. The summed E-state index contributed by atoms with van der Waals surface area (Å²) in [5.41, 5.74) is 9.58. The molecule has 222 valence electrons. The summed E-state index contributed by atoms with van der Waals surface area (Å²) in [5.74, 6) is 0.106. The Morgan fingerprint density at radius 2 is 1.44 bits per heavy atom. The van der Waals surface area contributed by atoms with Crippen LogP contribution in [0.1, 0.15) is 60.0 Å². The molecule has 3 aromatic rings. The molecule has 2 aliphatic rings. The molecule has 0 aromatic heterocycles. The van der Waals surface area contributed by atoms with Crippen LogP contribution in [0.25, 0.3) is 0 Å². The molecule has 0 aliphatic carbocycles. The predicted molar refractivity (Wildman–Crippen MR) is 176 cm³/mol. The Kier molecular flexibility index (Phi) is 12.4. The van der Waals surface area contributed by atoms with E-state index in [1.165, 1.54) is 11.1 Å². The fourth-order valence-electron chi connectivity index (χ4n) is 6.73. The maximum Gasteiger partial charge on any atom is 0.253 e. The van der Waals surface area contributed by atoms with Crippen molar-refractivity contribution in [1.82, 2.24) is 9.80 Å². The number of hydrogen-bond acceptors (Lipinski definition) is 3. The van der Waals surface area contributed by atoms with Crippen LogP contribution in [0.3, 0.4) is 0 Å². The maximum absolute atomic E-state index is 13.4. The van der Waals surface area contributed by atoms with E-state index in [1.807, 2.05) is 47.4 Å². The topological polar surface area (TPSA) is 49.6 Å². The average Bonchev–Trinajstić information content (AvgIpc) is 2.99. The quantitative estimate of drug-likeness (QED) is 0.275. The number of nitrogens with zero attached hydrogens (tertiary/aromatic N) is 2. The van der Waals surface area contributed by atoms with Crippen molar-refractivity contribution in [3.05, 3.63) is 106 Å². The molecule has 5 rings (SSSR count). The normalized spacial score (nSPS) is 20.5. The molecule has 0 spiro atoms. The second-order valence-electron chi connectivity index (χ2n) is 11.4. The molecule has 2 aliphatic heterocycles. The number of nitrogens with two attached hydrogens (primary N) is 1. The number of halogens is 4. The lowest BCUT2D eigenvalue weighted by atomic mass is 9.70. The molecule has 8 heteroatoms. The third-order valence-electron chi connectivity index (χ3n) is 9.14.